The van der Waals surface area contributed by atoms with Gasteiger partial charge < -0.3 is 4.52 Å². The standard InChI is InChI=1S/C8H16FO2P/c1-8(2)6-4-5-7(8)11-12(3,9)10/h7H,4-6H2,1-3H3. The second kappa shape index (κ2) is 3.12. The Morgan fingerprint density at radius 3 is 2.50 bits per heavy atom. The summed E-state index contributed by atoms with van der Waals surface area (Å²) in [4.78, 5) is 0. The number of halogens is 1. The molecule has 1 aliphatic carbocycles. The minimum atomic E-state index is -3.79. The molecule has 1 fully saturated rings. The maximum absolute atomic E-state index is 12.7. The van der Waals surface area contributed by atoms with Crippen molar-refractivity contribution in [3.05, 3.63) is 0 Å². The second-order valence-corrected chi connectivity index (χ2v) is 5.93. The molecule has 2 nitrogen and oxygen atoms in total. The fraction of sp³-hybridized carbons (Fsp3) is 1.00. The minimum Gasteiger partial charge on any atom is -0.302 e. The van der Waals surface area contributed by atoms with Crippen molar-refractivity contribution in [1.29, 1.82) is 0 Å². The largest absolute Gasteiger partial charge is 0.364 e. The molecule has 0 heterocycles. The van der Waals surface area contributed by atoms with Crippen LogP contribution in [-0.4, -0.2) is 12.8 Å². The summed E-state index contributed by atoms with van der Waals surface area (Å²) in [5.41, 5.74) is -0.0161. The van der Waals surface area contributed by atoms with E-state index in [1.807, 2.05) is 13.8 Å². The first kappa shape index (κ1) is 10.2. The van der Waals surface area contributed by atoms with Crippen LogP contribution in [0.5, 0.6) is 0 Å². The van der Waals surface area contributed by atoms with Crippen LogP contribution < -0.4 is 0 Å². The predicted octanol–water partition coefficient (Wildman–Crippen LogP) is 3.37. The summed E-state index contributed by atoms with van der Waals surface area (Å²) in [7, 11) is -3.79. The average molecular weight is 194 g/mol. The highest BCUT2D eigenvalue weighted by atomic mass is 31.2. The fourth-order valence-electron chi connectivity index (χ4n) is 1.72. The van der Waals surface area contributed by atoms with Gasteiger partial charge in [-0.2, -0.15) is 4.20 Å². The van der Waals surface area contributed by atoms with E-state index in [1.54, 1.807) is 0 Å². The van der Waals surface area contributed by atoms with Crippen LogP contribution in [0.2, 0.25) is 0 Å². The molecule has 1 aliphatic rings. The molecule has 72 valence electrons. The van der Waals surface area contributed by atoms with E-state index >= 15 is 0 Å². The van der Waals surface area contributed by atoms with Gasteiger partial charge in [-0.1, -0.05) is 20.3 Å². The number of hydrogen-bond donors (Lipinski definition) is 0. The van der Waals surface area contributed by atoms with Crippen LogP contribution in [-0.2, 0) is 9.09 Å². The maximum Gasteiger partial charge on any atom is 0.364 e. The van der Waals surface area contributed by atoms with E-state index in [2.05, 4.69) is 0 Å². The molecule has 12 heavy (non-hydrogen) atoms. The number of hydrogen-bond acceptors (Lipinski definition) is 2. The quantitative estimate of drug-likeness (QED) is 0.630. The highest BCUT2D eigenvalue weighted by Crippen LogP contribution is 2.52. The van der Waals surface area contributed by atoms with E-state index in [0.29, 0.717) is 0 Å². The number of rotatable bonds is 2. The minimum absolute atomic E-state index is 0.0161. The van der Waals surface area contributed by atoms with Crippen LogP contribution in [0.25, 0.3) is 0 Å². The van der Waals surface area contributed by atoms with Gasteiger partial charge in [0, 0.05) is 6.66 Å². The van der Waals surface area contributed by atoms with Gasteiger partial charge in [-0.15, -0.1) is 0 Å². The molecule has 0 aromatic carbocycles. The summed E-state index contributed by atoms with van der Waals surface area (Å²) >= 11 is 0. The van der Waals surface area contributed by atoms with Crippen molar-refractivity contribution >= 4 is 7.68 Å². The summed E-state index contributed by atoms with van der Waals surface area (Å²) in [6, 6.07) is 0. The average Bonchev–Trinajstić information content (AvgIpc) is 2.07. The SMILES string of the molecule is CC1(C)CCCC1OP(C)(=O)F. The monoisotopic (exact) mass is 194 g/mol. The van der Waals surface area contributed by atoms with Crippen molar-refractivity contribution in [1.82, 2.24) is 0 Å². The summed E-state index contributed by atoms with van der Waals surface area (Å²) in [5, 5.41) is 0. The van der Waals surface area contributed by atoms with E-state index in [9.17, 15) is 8.76 Å². The third kappa shape index (κ3) is 2.56. The molecule has 2 unspecified atom stereocenters. The molecular weight excluding hydrogens is 178 g/mol. The molecule has 0 spiro atoms. The zero-order chi connectivity index (χ0) is 9.41. The molecule has 0 N–H and O–H groups in total. The van der Waals surface area contributed by atoms with E-state index in [-0.39, 0.29) is 11.5 Å². The van der Waals surface area contributed by atoms with Crippen LogP contribution in [0.1, 0.15) is 33.1 Å². The first-order valence-corrected chi connectivity index (χ1v) is 6.23. The van der Waals surface area contributed by atoms with Crippen molar-refractivity contribution in [2.24, 2.45) is 5.41 Å². The molecule has 0 radical (unpaired) electrons. The lowest BCUT2D eigenvalue weighted by atomic mass is 9.90. The second-order valence-electron chi connectivity index (χ2n) is 4.22. The lowest BCUT2D eigenvalue weighted by Crippen LogP contribution is -2.24. The van der Waals surface area contributed by atoms with Gasteiger partial charge in [-0.25, -0.2) is 0 Å². The van der Waals surface area contributed by atoms with Gasteiger partial charge in [0.1, 0.15) is 0 Å². The van der Waals surface area contributed by atoms with Gasteiger partial charge in [0.15, 0.2) is 0 Å². The summed E-state index contributed by atoms with van der Waals surface area (Å²) in [6.45, 7) is 5.09. The molecule has 0 aromatic rings. The van der Waals surface area contributed by atoms with E-state index in [1.165, 1.54) is 0 Å². The Hall–Kier alpha value is 0.120. The van der Waals surface area contributed by atoms with Crippen molar-refractivity contribution in [3.63, 3.8) is 0 Å². The van der Waals surface area contributed by atoms with Crippen LogP contribution in [0.3, 0.4) is 0 Å². The molecule has 0 amide bonds. The van der Waals surface area contributed by atoms with Crippen molar-refractivity contribution in [2.75, 3.05) is 6.66 Å². The lowest BCUT2D eigenvalue weighted by molar-refractivity contribution is 0.0987. The molecule has 4 heteroatoms. The Morgan fingerprint density at radius 1 is 1.58 bits per heavy atom. The zero-order valence-electron chi connectivity index (χ0n) is 7.84. The van der Waals surface area contributed by atoms with Crippen molar-refractivity contribution in [2.45, 2.75) is 39.2 Å². The van der Waals surface area contributed by atoms with Gasteiger partial charge in [0.05, 0.1) is 6.10 Å². The predicted molar refractivity (Wildman–Crippen MR) is 47.1 cm³/mol. The van der Waals surface area contributed by atoms with Gasteiger partial charge in [0.2, 0.25) is 0 Å². The Bertz CT molecular complexity index is 209. The Labute approximate surface area is 73.1 Å². The van der Waals surface area contributed by atoms with Gasteiger partial charge in [-0.05, 0) is 18.3 Å². The zero-order valence-corrected chi connectivity index (χ0v) is 8.73. The molecule has 2 atom stereocenters. The van der Waals surface area contributed by atoms with Crippen LogP contribution >= 0.6 is 7.68 Å². The first-order chi connectivity index (χ1) is 5.31. The van der Waals surface area contributed by atoms with E-state index in [4.69, 9.17) is 4.52 Å². The maximum atomic E-state index is 12.7. The molecular formula is C8H16FO2P. The smallest absolute Gasteiger partial charge is 0.302 e. The van der Waals surface area contributed by atoms with E-state index in [0.717, 1.165) is 25.9 Å². The van der Waals surface area contributed by atoms with Gasteiger partial charge in [-0.3, -0.25) is 4.57 Å². The van der Waals surface area contributed by atoms with Crippen LogP contribution in [0, 0.1) is 5.41 Å². The Morgan fingerprint density at radius 2 is 2.17 bits per heavy atom. The topological polar surface area (TPSA) is 26.3 Å². The van der Waals surface area contributed by atoms with Crippen LogP contribution in [0.4, 0.5) is 4.20 Å². The normalized spacial score (nSPS) is 33.2. The van der Waals surface area contributed by atoms with Crippen LogP contribution in [0.15, 0.2) is 0 Å². The van der Waals surface area contributed by atoms with Crippen molar-refractivity contribution < 1.29 is 13.3 Å². The van der Waals surface area contributed by atoms with Gasteiger partial charge >= 0.3 is 7.68 Å². The lowest BCUT2D eigenvalue weighted by Gasteiger charge is -2.26. The molecule has 0 bridgehead atoms. The molecule has 0 saturated heterocycles. The summed E-state index contributed by atoms with van der Waals surface area (Å²) < 4.78 is 28.4. The highest BCUT2D eigenvalue weighted by Gasteiger charge is 2.38. The third-order valence-corrected chi connectivity index (χ3v) is 3.11. The molecule has 1 saturated carbocycles. The Balaban J connectivity index is 2.59. The molecule has 1 rings (SSSR count). The first-order valence-electron chi connectivity index (χ1n) is 4.27. The molecule has 0 aromatic heterocycles. The van der Waals surface area contributed by atoms with Crippen molar-refractivity contribution in [3.8, 4) is 0 Å². The van der Waals surface area contributed by atoms with E-state index < -0.39 is 7.68 Å². The summed E-state index contributed by atoms with van der Waals surface area (Å²) in [6.07, 6.45) is 2.72. The fourth-order valence-corrected chi connectivity index (χ4v) is 2.56. The Kier molecular flexibility index (Phi) is 2.65. The highest BCUT2D eigenvalue weighted by molar-refractivity contribution is 7.52. The van der Waals surface area contributed by atoms with Gasteiger partial charge in [0.25, 0.3) is 0 Å². The molecule has 0 aliphatic heterocycles. The third-order valence-electron chi connectivity index (χ3n) is 2.47. The summed E-state index contributed by atoms with van der Waals surface area (Å²) in [5.74, 6) is 0.